The second-order valence-electron chi connectivity index (χ2n) is 5.98. The molecule has 1 amide bonds. The number of hydrogen-bond donors (Lipinski definition) is 1. The minimum absolute atomic E-state index is 0.397. The summed E-state index contributed by atoms with van der Waals surface area (Å²) in [6, 6.07) is 19.0. The van der Waals surface area contributed by atoms with Gasteiger partial charge in [0, 0.05) is 11.8 Å². The zero-order valence-corrected chi connectivity index (χ0v) is 14.7. The van der Waals surface area contributed by atoms with Crippen molar-refractivity contribution >= 4 is 34.4 Å². The number of amides is 1. The maximum absolute atomic E-state index is 12.9. The van der Waals surface area contributed by atoms with E-state index in [1.165, 1.54) is 37.3 Å². The van der Waals surface area contributed by atoms with Crippen LogP contribution in [0, 0.1) is 5.82 Å². The van der Waals surface area contributed by atoms with E-state index in [1.54, 1.807) is 6.08 Å². The number of anilines is 1. The van der Waals surface area contributed by atoms with Gasteiger partial charge in [0.25, 0.3) is 5.91 Å². The zero-order chi connectivity index (χ0) is 19.2. The van der Waals surface area contributed by atoms with Crippen molar-refractivity contribution in [3.63, 3.8) is 0 Å². The number of rotatable bonds is 5. The summed E-state index contributed by atoms with van der Waals surface area (Å²) in [6.45, 7) is 1.47. The van der Waals surface area contributed by atoms with E-state index in [4.69, 9.17) is 4.74 Å². The Morgan fingerprint density at radius 3 is 2.48 bits per heavy atom. The van der Waals surface area contributed by atoms with E-state index in [1.807, 2.05) is 42.5 Å². The number of halogens is 1. The Balaban J connectivity index is 1.61. The molecule has 0 saturated carbocycles. The van der Waals surface area contributed by atoms with Crippen LogP contribution >= 0.6 is 0 Å². The Morgan fingerprint density at radius 2 is 1.70 bits per heavy atom. The Morgan fingerprint density at radius 1 is 1.00 bits per heavy atom. The first-order valence-corrected chi connectivity index (χ1v) is 8.46. The predicted molar refractivity (Wildman–Crippen MR) is 104 cm³/mol. The highest BCUT2D eigenvalue weighted by molar-refractivity contribution is 5.98. The van der Waals surface area contributed by atoms with E-state index in [-0.39, 0.29) is 0 Å². The van der Waals surface area contributed by atoms with E-state index in [0.717, 1.165) is 16.3 Å². The van der Waals surface area contributed by atoms with Crippen LogP contribution in [-0.4, -0.2) is 18.0 Å². The van der Waals surface area contributed by atoms with Crippen molar-refractivity contribution in [2.75, 3.05) is 5.32 Å². The molecular weight excluding hydrogens is 345 g/mol. The van der Waals surface area contributed by atoms with Crippen LogP contribution in [0.2, 0.25) is 0 Å². The topological polar surface area (TPSA) is 55.4 Å². The molecule has 136 valence electrons. The van der Waals surface area contributed by atoms with Gasteiger partial charge in [0.05, 0.1) is 0 Å². The number of ether oxygens (including phenoxy) is 1. The second-order valence-corrected chi connectivity index (χ2v) is 5.98. The highest BCUT2D eigenvalue weighted by Gasteiger charge is 2.16. The van der Waals surface area contributed by atoms with Crippen molar-refractivity contribution in [1.82, 2.24) is 0 Å². The van der Waals surface area contributed by atoms with E-state index in [2.05, 4.69) is 5.32 Å². The average molecular weight is 363 g/mol. The number of fused-ring (bicyclic) bond motifs is 1. The van der Waals surface area contributed by atoms with Crippen molar-refractivity contribution in [2.24, 2.45) is 0 Å². The SMILES string of the molecule is CC(OC(=O)C=Cc1cccc2ccccc12)C(=O)Nc1ccc(F)cc1. The molecule has 1 unspecified atom stereocenters. The fourth-order valence-corrected chi connectivity index (χ4v) is 2.60. The van der Waals surface area contributed by atoms with Crippen LogP contribution in [0.3, 0.4) is 0 Å². The Labute approximate surface area is 156 Å². The molecule has 5 heteroatoms. The van der Waals surface area contributed by atoms with Gasteiger partial charge in [0.1, 0.15) is 5.82 Å². The molecule has 0 heterocycles. The number of esters is 1. The molecule has 4 nitrogen and oxygen atoms in total. The zero-order valence-electron chi connectivity index (χ0n) is 14.7. The molecule has 27 heavy (non-hydrogen) atoms. The summed E-state index contributed by atoms with van der Waals surface area (Å²) in [5, 5.41) is 4.65. The number of benzene rings is 3. The lowest BCUT2D eigenvalue weighted by atomic mass is 10.0. The maximum Gasteiger partial charge on any atom is 0.331 e. The van der Waals surface area contributed by atoms with Crippen LogP contribution in [0.5, 0.6) is 0 Å². The smallest absolute Gasteiger partial charge is 0.331 e. The molecule has 3 aromatic rings. The number of carbonyl (C=O) groups excluding carboxylic acids is 2. The summed E-state index contributed by atoms with van der Waals surface area (Å²) < 4.78 is 18.0. The molecule has 0 saturated heterocycles. The fraction of sp³-hybridized carbons (Fsp3) is 0.0909. The molecular formula is C22H18FNO3. The number of hydrogen-bond acceptors (Lipinski definition) is 3. The van der Waals surface area contributed by atoms with Crippen LogP contribution in [0.4, 0.5) is 10.1 Å². The first-order chi connectivity index (χ1) is 13.0. The van der Waals surface area contributed by atoms with Crippen LogP contribution in [-0.2, 0) is 14.3 Å². The Hall–Kier alpha value is -3.47. The van der Waals surface area contributed by atoms with E-state index in [9.17, 15) is 14.0 Å². The summed E-state index contributed by atoms with van der Waals surface area (Å²) in [6.07, 6.45) is 1.97. The van der Waals surface area contributed by atoms with Crippen LogP contribution < -0.4 is 5.32 Å². The van der Waals surface area contributed by atoms with Crippen LogP contribution in [0.25, 0.3) is 16.8 Å². The number of nitrogens with one attached hydrogen (secondary N) is 1. The quantitative estimate of drug-likeness (QED) is 0.534. The summed E-state index contributed by atoms with van der Waals surface area (Å²) in [4.78, 5) is 24.1. The van der Waals surface area contributed by atoms with E-state index < -0.39 is 23.8 Å². The van der Waals surface area contributed by atoms with Gasteiger partial charge in [-0.05, 0) is 53.6 Å². The second kappa shape index (κ2) is 8.27. The molecule has 3 aromatic carbocycles. The van der Waals surface area contributed by atoms with Gasteiger partial charge in [-0.25, -0.2) is 9.18 Å². The molecule has 0 radical (unpaired) electrons. The van der Waals surface area contributed by atoms with Gasteiger partial charge in [0.15, 0.2) is 6.10 Å². The molecule has 3 rings (SSSR count). The maximum atomic E-state index is 12.9. The summed E-state index contributed by atoms with van der Waals surface area (Å²) >= 11 is 0. The molecule has 1 atom stereocenters. The summed E-state index contributed by atoms with van der Waals surface area (Å²) in [7, 11) is 0. The Bertz CT molecular complexity index is 991. The monoisotopic (exact) mass is 363 g/mol. The molecule has 0 fully saturated rings. The van der Waals surface area contributed by atoms with Gasteiger partial charge in [-0.15, -0.1) is 0 Å². The minimum atomic E-state index is -0.986. The molecule has 0 aromatic heterocycles. The van der Waals surface area contributed by atoms with Gasteiger partial charge < -0.3 is 10.1 Å². The third kappa shape index (κ3) is 4.79. The molecule has 0 aliphatic carbocycles. The first kappa shape index (κ1) is 18.3. The van der Waals surface area contributed by atoms with Crippen molar-refractivity contribution < 1.29 is 18.7 Å². The normalized spacial score (nSPS) is 12.1. The lowest BCUT2D eigenvalue weighted by Gasteiger charge is -2.12. The highest BCUT2D eigenvalue weighted by atomic mass is 19.1. The molecule has 0 spiro atoms. The first-order valence-electron chi connectivity index (χ1n) is 8.46. The summed E-state index contributed by atoms with van der Waals surface area (Å²) in [5.41, 5.74) is 1.31. The minimum Gasteiger partial charge on any atom is -0.449 e. The van der Waals surface area contributed by atoms with E-state index in [0.29, 0.717) is 5.69 Å². The van der Waals surface area contributed by atoms with Crippen LogP contribution in [0.15, 0.2) is 72.8 Å². The van der Waals surface area contributed by atoms with Crippen molar-refractivity contribution in [2.45, 2.75) is 13.0 Å². The lowest BCUT2D eigenvalue weighted by molar-refractivity contribution is -0.148. The molecule has 0 bridgehead atoms. The van der Waals surface area contributed by atoms with Gasteiger partial charge in [-0.3, -0.25) is 4.79 Å². The Kier molecular flexibility index (Phi) is 5.61. The van der Waals surface area contributed by atoms with Gasteiger partial charge in [-0.1, -0.05) is 42.5 Å². The van der Waals surface area contributed by atoms with Crippen molar-refractivity contribution in [1.29, 1.82) is 0 Å². The van der Waals surface area contributed by atoms with Crippen molar-refractivity contribution in [3.8, 4) is 0 Å². The van der Waals surface area contributed by atoms with Gasteiger partial charge in [-0.2, -0.15) is 0 Å². The molecule has 0 aliphatic rings. The van der Waals surface area contributed by atoms with Crippen molar-refractivity contribution in [3.05, 3.63) is 84.2 Å². The third-order valence-electron chi connectivity index (χ3n) is 4.00. The molecule has 0 aliphatic heterocycles. The summed E-state index contributed by atoms with van der Waals surface area (Å²) in [5.74, 6) is -1.51. The van der Waals surface area contributed by atoms with Crippen LogP contribution in [0.1, 0.15) is 12.5 Å². The third-order valence-corrected chi connectivity index (χ3v) is 4.00. The predicted octanol–water partition coefficient (Wildman–Crippen LogP) is 4.56. The highest BCUT2D eigenvalue weighted by Crippen LogP contribution is 2.19. The average Bonchev–Trinajstić information content (AvgIpc) is 2.68. The lowest BCUT2D eigenvalue weighted by Crippen LogP contribution is -2.29. The van der Waals surface area contributed by atoms with Gasteiger partial charge >= 0.3 is 5.97 Å². The van der Waals surface area contributed by atoms with E-state index >= 15 is 0 Å². The molecule has 1 N–H and O–H groups in total. The fourth-order valence-electron chi connectivity index (χ4n) is 2.60. The standard InChI is InChI=1S/C22H18FNO3/c1-15(22(26)24-19-12-10-18(23)11-13-19)27-21(25)14-9-17-7-4-6-16-5-2-3-8-20(16)17/h2-15H,1H3,(H,24,26). The largest absolute Gasteiger partial charge is 0.449 e. The van der Waals surface area contributed by atoms with Gasteiger partial charge in [0.2, 0.25) is 0 Å². The number of carbonyl (C=O) groups is 2.